The zero-order valence-corrected chi connectivity index (χ0v) is 11.6. The molecular formula is C14H18N4O3. The molecule has 2 aliphatic heterocycles. The number of rotatable bonds is 4. The molecule has 0 spiro atoms. The highest BCUT2D eigenvalue weighted by atomic mass is 16.7. The van der Waals surface area contributed by atoms with Crippen molar-refractivity contribution in [2.24, 2.45) is 5.84 Å². The molecule has 3 rings (SSSR count). The van der Waals surface area contributed by atoms with Gasteiger partial charge in [-0.25, -0.2) is 10.6 Å². The van der Waals surface area contributed by atoms with Gasteiger partial charge in [-0.2, -0.15) is 5.06 Å². The van der Waals surface area contributed by atoms with E-state index in [9.17, 15) is 9.59 Å². The van der Waals surface area contributed by atoms with Crippen molar-refractivity contribution >= 4 is 11.9 Å². The van der Waals surface area contributed by atoms with Crippen LogP contribution in [0.25, 0.3) is 0 Å². The Morgan fingerprint density at radius 1 is 1.33 bits per heavy atom. The number of hydrogen-bond donors (Lipinski definition) is 2. The van der Waals surface area contributed by atoms with Crippen molar-refractivity contribution in [3.05, 3.63) is 35.9 Å². The Bertz CT molecular complexity index is 536. The monoisotopic (exact) mass is 290 g/mol. The van der Waals surface area contributed by atoms with Crippen LogP contribution in [-0.4, -0.2) is 40.5 Å². The summed E-state index contributed by atoms with van der Waals surface area (Å²) in [5.41, 5.74) is 3.12. The van der Waals surface area contributed by atoms with Gasteiger partial charge < -0.3 is 4.90 Å². The summed E-state index contributed by atoms with van der Waals surface area (Å²) in [6, 6.07) is 8.91. The SMILES string of the molecule is NNC(=O)C1CCC2CN1C(=O)N2OCc1ccccc1. The number of benzene rings is 1. The minimum absolute atomic E-state index is 0.00281. The number of carbonyl (C=O) groups is 2. The topological polar surface area (TPSA) is 87.9 Å². The first kappa shape index (κ1) is 13.8. The largest absolute Gasteiger partial charge is 0.345 e. The lowest BCUT2D eigenvalue weighted by Gasteiger charge is -2.28. The van der Waals surface area contributed by atoms with Crippen LogP contribution in [0.5, 0.6) is 0 Å². The Labute approximate surface area is 122 Å². The molecule has 2 atom stereocenters. The van der Waals surface area contributed by atoms with E-state index in [-0.39, 0.29) is 18.0 Å². The number of urea groups is 1. The van der Waals surface area contributed by atoms with Crippen LogP contribution >= 0.6 is 0 Å². The van der Waals surface area contributed by atoms with Crippen LogP contribution in [0, 0.1) is 0 Å². The molecule has 2 fully saturated rings. The normalized spacial score (nSPS) is 24.3. The minimum atomic E-state index is -0.496. The summed E-state index contributed by atoms with van der Waals surface area (Å²) >= 11 is 0. The number of nitrogens with one attached hydrogen (secondary N) is 1. The predicted molar refractivity (Wildman–Crippen MR) is 74.3 cm³/mol. The Morgan fingerprint density at radius 2 is 2.10 bits per heavy atom. The Morgan fingerprint density at radius 3 is 2.81 bits per heavy atom. The standard InChI is InChI=1S/C14H18N4O3/c15-16-13(19)12-7-6-11-8-17(12)14(20)18(11)21-9-10-4-2-1-3-5-10/h1-5,11-12H,6-9,15H2,(H,16,19). The Balaban J connectivity index is 1.66. The van der Waals surface area contributed by atoms with Gasteiger partial charge in [0.1, 0.15) is 12.6 Å². The maximum Gasteiger partial charge on any atom is 0.345 e. The second kappa shape index (κ2) is 5.71. The second-order valence-electron chi connectivity index (χ2n) is 5.28. The summed E-state index contributed by atoms with van der Waals surface area (Å²) in [7, 11) is 0. The van der Waals surface area contributed by atoms with E-state index < -0.39 is 6.04 Å². The van der Waals surface area contributed by atoms with E-state index in [0.29, 0.717) is 19.6 Å². The van der Waals surface area contributed by atoms with Gasteiger partial charge in [-0.1, -0.05) is 30.3 Å². The van der Waals surface area contributed by atoms with Gasteiger partial charge in [0.05, 0.1) is 6.04 Å². The van der Waals surface area contributed by atoms with Crippen molar-refractivity contribution in [3.63, 3.8) is 0 Å². The van der Waals surface area contributed by atoms with Gasteiger partial charge in [0, 0.05) is 6.54 Å². The highest BCUT2D eigenvalue weighted by Gasteiger charge is 2.47. The molecule has 2 heterocycles. The number of nitrogens with two attached hydrogens (primary N) is 1. The molecule has 3 N–H and O–H groups in total. The molecule has 21 heavy (non-hydrogen) atoms. The van der Waals surface area contributed by atoms with Crippen molar-refractivity contribution in [1.82, 2.24) is 15.4 Å². The average molecular weight is 290 g/mol. The molecule has 1 aromatic rings. The number of amides is 3. The fourth-order valence-corrected chi connectivity index (χ4v) is 2.89. The zero-order chi connectivity index (χ0) is 14.8. The van der Waals surface area contributed by atoms with E-state index in [1.165, 1.54) is 9.96 Å². The maximum atomic E-state index is 12.3. The smallest absolute Gasteiger partial charge is 0.309 e. The van der Waals surface area contributed by atoms with E-state index in [4.69, 9.17) is 10.7 Å². The first-order valence-electron chi connectivity index (χ1n) is 6.98. The van der Waals surface area contributed by atoms with Crippen molar-refractivity contribution in [2.75, 3.05) is 6.54 Å². The third kappa shape index (κ3) is 2.57. The van der Waals surface area contributed by atoms with Crippen molar-refractivity contribution in [3.8, 4) is 0 Å². The molecule has 0 saturated carbocycles. The van der Waals surface area contributed by atoms with Crippen LogP contribution in [-0.2, 0) is 16.2 Å². The molecule has 2 aliphatic rings. The molecule has 112 valence electrons. The Kier molecular flexibility index (Phi) is 3.76. The lowest BCUT2D eigenvalue weighted by atomic mass is 10.0. The third-order valence-electron chi connectivity index (χ3n) is 3.98. The van der Waals surface area contributed by atoms with Crippen molar-refractivity contribution in [2.45, 2.75) is 31.5 Å². The van der Waals surface area contributed by atoms with Crippen molar-refractivity contribution < 1.29 is 14.4 Å². The molecule has 1 aromatic carbocycles. The Hall–Kier alpha value is -2.12. The lowest BCUT2D eigenvalue weighted by molar-refractivity contribution is -0.140. The van der Waals surface area contributed by atoms with Gasteiger partial charge in [-0.3, -0.25) is 15.1 Å². The number of hydroxylamine groups is 2. The molecule has 2 unspecified atom stereocenters. The van der Waals surface area contributed by atoms with Gasteiger partial charge in [-0.15, -0.1) is 0 Å². The number of carbonyl (C=O) groups excluding carboxylic acids is 2. The molecule has 0 aromatic heterocycles. The fourth-order valence-electron chi connectivity index (χ4n) is 2.89. The average Bonchev–Trinajstić information content (AvgIpc) is 2.77. The number of hydrogen-bond acceptors (Lipinski definition) is 4. The number of fused-ring (bicyclic) bond motifs is 2. The molecular weight excluding hydrogens is 272 g/mol. The molecule has 2 saturated heterocycles. The quantitative estimate of drug-likeness (QED) is 0.476. The van der Waals surface area contributed by atoms with E-state index in [1.54, 1.807) is 0 Å². The van der Waals surface area contributed by atoms with Crippen LogP contribution in [0.1, 0.15) is 18.4 Å². The van der Waals surface area contributed by atoms with E-state index in [2.05, 4.69) is 5.43 Å². The summed E-state index contributed by atoms with van der Waals surface area (Å²) in [6.45, 7) is 0.844. The third-order valence-corrected chi connectivity index (χ3v) is 3.98. The van der Waals surface area contributed by atoms with Crippen LogP contribution in [0.15, 0.2) is 30.3 Å². The number of piperidine rings is 1. The maximum absolute atomic E-state index is 12.3. The molecule has 0 radical (unpaired) electrons. The summed E-state index contributed by atoms with van der Waals surface area (Å²) in [5.74, 6) is 4.84. The van der Waals surface area contributed by atoms with Crippen molar-refractivity contribution in [1.29, 1.82) is 0 Å². The first-order valence-corrected chi connectivity index (χ1v) is 6.98. The molecule has 7 nitrogen and oxygen atoms in total. The first-order chi connectivity index (χ1) is 10.2. The van der Waals surface area contributed by atoms with Crippen LogP contribution in [0.4, 0.5) is 4.79 Å². The summed E-state index contributed by atoms with van der Waals surface area (Å²) in [6.07, 6.45) is 1.33. The highest BCUT2D eigenvalue weighted by molar-refractivity contribution is 5.88. The highest BCUT2D eigenvalue weighted by Crippen LogP contribution is 2.30. The summed E-state index contributed by atoms with van der Waals surface area (Å²) in [5, 5.41) is 1.40. The summed E-state index contributed by atoms with van der Waals surface area (Å²) in [4.78, 5) is 31.2. The van der Waals surface area contributed by atoms with Gasteiger partial charge >= 0.3 is 6.03 Å². The second-order valence-corrected chi connectivity index (χ2v) is 5.28. The molecule has 7 heteroatoms. The van der Waals surface area contributed by atoms with Crippen LogP contribution in [0.2, 0.25) is 0 Å². The zero-order valence-electron chi connectivity index (χ0n) is 11.6. The minimum Gasteiger partial charge on any atom is -0.309 e. The number of nitrogens with zero attached hydrogens (tertiary/aromatic N) is 2. The summed E-state index contributed by atoms with van der Waals surface area (Å²) < 4.78 is 0. The molecule has 3 amide bonds. The van der Waals surface area contributed by atoms with E-state index in [0.717, 1.165) is 12.0 Å². The fraction of sp³-hybridized carbons (Fsp3) is 0.429. The lowest BCUT2D eigenvalue weighted by Crippen LogP contribution is -2.51. The predicted octanol–water partition coefficient (Wildman–Crippen LogP) is 0.377. The molecule has 0 aliphatic carbocycles. The van der Waals surface area contributed by atoms with E-state index in [1.807, 2.05) is 30.3 Å². The van der Waals surface area contributed by atoms with Gasteiger partial charge in [-0.05, 0) is 18.4 Å². The van der Waals surface area contributed by atoms with Crippen LogP contribution in [0.3, 0.4) is 0 Å². The number of hydrazine groups is 1. The van der Waals surface area contributed by atoms with E-state index >= 15 is 0 Å². The van der Waals surface area contributed by atoms with Gasteiger partial charge in [0.25, 0.3) is 5.91 Å². The van der Waals surface area contributed by atoms with Crippen LogP contribution < -0.4 is 11.3 Å². The van der Waals surface area contributed by atoms with Gasteiger partial charge in [0.15, 0.2) is 0 Å². The molecule has 2 bridgehead atoms. The van der Waals surface area contributed by atoms with Gasteiger partial charge in [0.2, 0.25) is 0 Å².